The highest BCUT2D eigenvalue weighted by Crippen LogP contribution is 2.34. The van der Waals surface area contributed by atoms with Crippen LogP contribution in [0.4, 0.5) is 10.6 Å². The van der Waals surface area contributed by atoms with E-state index in [0.29, 0.717) is 91.4 Å². The first-order valence-electron chi connectivity index (χ1n) is 22.2. The lowest BCUT2D eigenvalue weighted by Crippen LogP contribution is -2.46. The molecule has 15 heteroatoms. The number of hydrogen-bond donors (Lipinski definition) is 1. The molecule has 0 bridgehead atoms. The van der Waals surface area contributed by atoms with E-state index in [1.165, 1.54) is 7.11 Å². The van der Waals surface area contributed by atoms with E-state index in [1.54, 1.807) is 44.1 Å². The summed E-state index contributed by atoms with van der Waals surface area (Å²) in [5.41, 5.74) is 4.83. The summed E-state index contributed by atoms with van der Waals surface area (Å²) in [7, 11) is 7.87. The third-order valence-electron chi connectivity index (χ3n) is 11.3. The van der Waals surface area contributed by atoms with Crippen molar-refractivity contribution in [3.05, 3.63) is 131 Å². The zero-order chi connectivity index (χ0) is 47.2. The molecule has 15 nitrogen and oxygen atoms in total. The third-order valence-corrected chi connectivity index (χ3v) is 11.3. The van der Waals surface area contributed by atoms with Gasteiger partial charge in [-0.1, -0.05) is 67.9 Å². The Balaban J connectivity index is 1.40. The molecule has 1 amide bonds. The number of benzene rings is 4. The average Bonchev–Trinajstić information content (AvgIpc) is 3.76. The molecule has 6 aromatic rings. The van der Waals surface area contributed by atoms with Gasteiger partial charge >= 0.3 is 12.1 Å². The van der Waals surface area contributed by atoms with Gasteiger partial charge in [0.05, 0.1) is 60.7 Å². The maximum absolute atomic E-state index is 12.6. The summed E-state index contributed by atoms with van der Waals surface area (Å²) >= 11 is 0. The molecule has 0 saturated heterocycles. The number of ether oxygens (including phenoxy) is 7. The smallest absolute Gasteiger partial charge is 0.409 e. The molecule has 6 rings (SSSR count). The molecule has 0 radical (unpaired) electrons. The molecule has 0 aliphatic carbocycles. The number of aliphatic hydroxyl groups excluding tert-OH is 1. The van der Waals surface area contributed by atoms with E-state index in [4.69, 9.17) is 48.2 Å². The van der Waals surface area contributed by atoms with Crippen LogP contribution in [0.15, 0.2) is 97.2 Å². The Morgan fingerprint density at radius 1 is 0.788 bits per heavy atom. The fraction of sp³-hybridized carbons (Fsp3) is 0.412. The van der Waals surface area contributed by atoms with E-state index in [9.17, 15) is 9.90 Å². The standard InChI is InChI=1S/C51H64N6O9/c1-10-14-40(26-28-65-34-36-15-12-11-13-16-36)66-49-53-48(55(32-38-21-23-41(60-5)29-44(38)62-7)33-39-22-24-42(61-6)30-45(39)63-8)47-52-31-43(57(47)54-49)46(58)37-19-17-35(18-20-37)25-27-56(50(59)64-9)51(2,3)4/h11-13,15-24,29-31,40,46,58H,10,14,25-28,32-34H2,1-9H3. The van der Waals surface area contributed by atoms with Crippen molar-refractivity contribution in [2.24, 2.45) is 0 Å². The highest BCUT2D eigenvalue weighted by atomic mass is 16.5. The second kappa shape index (κ2) is 23.0. The quantitative estimate of drug-likeness (QED) is 0.0610. The summed E-state index contributed by atoms with van der Waals surface area (Å²) in [6, 6.07) is 29.2. The minimum Gasteiger partial charge on any atom is -0.497 e. The maximum Gasteiger partial charge on any atom is 0.409 e. The molecule has 352 valence electrons. The second-order valence-electron chi connectivity index (χ2n) is 16.9. The van der Waals surface area contributed by atoms with Crippen LogP contribution in [-0.2, 0) is 35.6 Å². The van der Waals surface area contributed by atoms with Crippen LogP contribution in [0.3, 0.4) is 0 Å². The van der Waals surface area contributed by atoms with Gasteiger partial charge in [0.15, 0.2) is 11.5 Å². The monoisotopic (exact) mass is 904 g/mol. The number of nitrogens with zero attached hydrogens (tertiary/aromatic N) is 6. The summed E-state index contributed by atoms with van der Waals surface area (Å²) in [4.78, 5) is 26.3. The first-order valence-corrected chi connectivity index (χ1v) is 22.2. The minimum absolute atomic E-state index is 0.114. The van der Waals surface area contributed by atoms with Gasteiger partial charge in [-0.2, -0.15) is 4.98 Å². The number of imidazole rings is 1. The van der Waals surface area contributed by atoms with Crippen molar-refractivity contribution in [1.82, 2.24) is 24.5 Å². The number of rotatable bonds is 23. The van der Waals surface area contributed by atoms with E-state index >= 15 is 0 Å². The molecule has 2 unspecified atom stereocenters. The van der Waals surface area contributed by atoms with Crippen LogP contribution in [0.5, 0.6) is 29.0 Å². The van der Waals surface area contributed by atoms with Gasteiger partial charge < -0.3 is 48.1 Å². The van der Waals surface area contributed by atoms with Gasteiger partial charge in [-0.05, 0) is 74.6 Å². The Hall–Kier alpha value is -6.58. The van der Waals surface area contributed by atoms with E-state index in [-0.39, 0.29) is 18.2 Å². The molecule has 0 fully saturated rings. The lowest BCUT2D eigenvalue weighted by atomic mass is 10.0. The zero-order valence-corrected chi connectivity index (χ0v) is 39.7. The summed E-state index contributed by atoms with van der Waals surface area (Å²) < 4.78 is 42.3. The van der Waals surface area contributed by atoms with E-state index in [2.05, 4.69) is 11.8 Å². The molecule has 4 aromatic carbocycles. The third kappa shape index (κ3) is 12.4. The van der Waals surface area contributed by atoms with Gasteiger partial charge in [-0.3, -0.25) is 0 Å². The lowest BCUT2D eigenvalue weighted by molar-refractivity contribution is 0.0749. The largest absolute Gasteiger partial charge is 0.497 e. The number of methoxy groups -OCH3 is 5. The molecule has 2 atom stereocenters. The number of aromatic nitrogens is 4. The van der Waals surface area contributed by atoms with Crippen LogP contribution in [0, 0.1) is 0 Å². The number of aliphatic hydroxyl groups is 1. The van der Waals surface area contributed by atoms with E-state index in [0.717, 1.165) is 35.1 Å². The fourth-order valence-electron chi connectivity index (χ4n) is 7.70. The van der Waals surface area contributed by atoms with Gasteiger partial charge in [-0.25, -0.2) is 14.3 Å². The Bertz CT molecular complexity index is 2420. The van der Waals surface area contributed by atoms with Crippen LogP contribution in [0.25, 0.3) is 5.65 Å². The molecular formula is C51H64N6O9. The highest BCUT2D eigenvalue weighted by molar-refractivity contribution is 5.68. The number of anilines is 1. The van der Waals surface area contributed by atoms with Gasteiger partial charge in [-0.15, -0.1) is 5.10 Å². The van der Waals surface area contributed by atoms with Crippen LogP contribution in [-0.4, -0.2) is 96.0 Å². The van der Waals surface area contributed by atoms with Crippen molar-refractivity contribution in [3.8, 4) is 29.0 Å². The number of carbonyl (C=O) groups is 1. The van der Waals surface area contributed by atoms with Crippen molar-refractivity contribution in [1.29, 1.82) is 0 Å². The summed E-state index contributed by atoms with van der Waals surface area (Å²) in [6.45, 7) is 10.1. The molecule has 0 aliphatic rings. The second-order valence-corrected chi connectivity index (χ2v) is 16.9. The zero-order valence-electron chi connectivity index (χ0n) is 39.7. The van der Waals surface area contributed by atoms with Crippen molar-refractivity contribution in [2.45, 2.75) is 90.8 Å². The molecule has 1 N–H and O–H groups in total. The molecule has 66 heavy (non-hydrogen) atoms. The molecule has 2 aromatic heterocycles. The SMILES string of the molecule is CCCC(CCOCc1ccccc1)Oc1nc(N(Cc2ccc(OC)cc2OC)Cc2ccc(OC)cc2OC)c2ncc(C(O)c3ccc(CCN(C(=O)OC)C(C)(C)C)cc3)n2n1. The summed E-state index contributed by atoms with van der Waals surface area (Å²) in [5.74, 6) is 3.01. The van der Waals surface area contributed by atoms with Gasteiger partial charge in [0.25, 0.3) is 0 Å². The van der Waals surface area contributed by atoms with E-state index < -0.39 is 11.6 Å². The predicted octanol–water partition coefficient (Wildman–Crippen LogP) is 9.01. The predicted molar refractivity (Wildman–Crippen MR) is 253 cm³/mol. The fourth-order valence-corrected chi connectivity index (χ4v) is 7.70. The summed E-state index contributed by atoms with van der Waals surface area (Å²) in [6.07, 6.45) is 2.64. The Kier molecular flexibility index (Phi) is 17.1. The Morgan fingerprint density at radius 3 is 1.98 bits per heavy atom. The lowest BCUT2D eigenvalue weighted by Gasteiger charge is -2.34. The van der Waals surface area contributed by atoms with Crippen LogP contribution in [0.1, 0.15) is 86.6 Å². The van der Waals surface area contributed by atoms with Crippen molar-refractivity contribution in [3.63, 3.8) is 0 Å². The molecule has 2 heterocycles. The average molecular weight is 905 g/mol. The van der Waals surface area contributed by atoms with Crippen LogP contribution < -0.4 is 28.6 Å². The van der Waals surface area contributed by atoms with Gasteiger partial charge in [0.1, 0.15) is 35.2 Å². The van der Waals surface area contributed by atoms with Crippen molar-refractivity contribution in [2.75, 3.05) is 53.6 Å². The normalized spacial score (nSPS) is 12.3. The Morgan fingerprint density at radius 2 is 1.42 bits per heavy atom. The van der Waals surface area contributed by atoms with Crippen molar-refractivity contribution < 1.29 is 43.1 Å². The molecular weight excluding hydrogens is 841 g/mol. The van der Waals surface area contributed by atoms with Crippen LogP contribution in [0.2, 0.25) is 0 Å². The molecule has 0 saturated carbocycles. The number of fused-ring (bicyclic) bond motifs is 1. The van der Waals surface area contributed by atoms with Crippen LogP contribution >= 0.6 is 0 Å². The van der Waals surface area contributed by atoms with E-state index in [1.807, 2.05) is 112 Å². The minimum atomic E-state index is -1.12. The first-order chi connectivity index (χ1) is 31.9. The molecule has 0 aliphatic heterocycles. The van der Waals surface area contributed by atoms with Gasteiger partial charge in [0, 0.05) is 54.9 Å². The summed E-state index contributed by atoms with van der Waals surface area (Å²) in [5, 5.41) is 17.0. The van der Waals surface area contributed by atoms with Crippen molar-refractivity contribution >= 4 is 17.6 Å². The van der Waals surface area contributed by atoms with Gasteiger partial charge in [0.2, 0.25) is 0 Å². The highest BCUT2D eigenvalue weighted by Gasteiger charge is 2.28. The molecule has 0 spiro atoms. The topological polar surface area (TPSA) is 151 Å². The number of carbonyl (C=O) groups excluding carboxylic acids is 1. The number of amides is 1. The Labute approximate surface area is 388 Å². The number of hydrogen-bond acceptors (Lipinski definition) is 13. The maximum atomic E-state index is 12.6. The first kappa shape index (κ1) is 48.9.